The minimum Gasteiger partial charge on any atom is -0.272 e. The Morgan fingerprint density at radius 1 is 1.03 bits per heavy atom. The number of carbonyl (C=O) groups excluding carboxylic acids is 1. The fourth-order valence-corrected chi connectivity index (χ4v) is 4.48. The molecule has 1 amide bonds. The van der Waals surface area contributed by atoms with Crippen molar-refractivity contribution in [1.82, 2.24) is 20.2 Å². The molecule has 1 heterocycles. The normalized spacial score (nSPS) is 11.8. The van der Waals surface area contributed by atoms with Gasteiger partial charge in [-0.05, 0) is 41.3 Å². The van der Waals surface area contributed by atoms with E-state index in [0.29, 0.717) is 16.5 Å². The second kappa shape index (κ2) is 12.3. The molecule has 0 spiro atoms. The summed E-state index contributed by atoms with van der Waals surface area (Å²) in [4.78, 5) is 23.1. The van der Waals surface area contributed by atoms with Gasteiger partial charge in [0.15, 0.2) is 11.0 Å². The van der Waals surface area contributed by atoms with E-state index in [9.17, 15) is 14.9 Å². The van der Waals surface area contributed by atoms with Crippen molar-refractivity contribution in [3.63, 3.8) is 0 Å². The summed E-state index contributed by atoms with van der Waals surface area (Å²) in [6.07, 6.45) is 4.45. The zero-order valence-electron chi connectivity index (χ0n) is 21.8. The van der Waals surface area contributed by atoms with Crippen molar-refractivity contribution in [2.75, 3.05) is 5.75 Å². The lowest BCUT2D eigenvalue weighted by atomic mass is 9.87. The number of allylic oxidation sites excluding steroid dienone is 1. The Hall–Kier alpha value is -4.57. The quantitative estimate of drug-likeness (QED) is 0.120. The number of thioether (sulfide) groups is 1. The zero-order chi connectivity index (χ0) is 27.8. The number of nitro benzene ring substituents is 1. The van der Waals surface area contributed by atoms with E-state index in [1.165, 1.54) is 35.7 Å². The van der Waals surface area contributed by atoms with Crippen LogP contribution in [0.3, 0.4) is 0 Å². The highest BCUT2D eigenvalue weighted by Crippen LogP contribution is 2.30. The molecule has 0 atom stereocenters. The third-order valence-electron chi connectivity index (χ3n) is 5.75. The molecule has 9 nitrogen and oxygen atoms in total. The number of amides is 1. The number of aromatic nitrogens is 3. The molecule has 10 heteroatoms. The first-order valence-electron chi connectivity index (χ1n) is 12.2. The number of para-hydroxylation sites is 2. The second-order valence-corrected chi connectivity index (χ2v) is 10.5. The number of benzene rings is 3. The van der Waals surface area contributed by atoms with Crippen molar-refractivity contribution < 1.29 is 9.72 Å². The van der Waals surface area contributed by atoms with Crippen LogP contribution in [-0.4, -0.2) is 37.6 Å². The number of nitrogens with zero attached hydrogens (tertiary/aromatic N) is 5. The lowest BCUT2D eigenvalue weighted by Crippen LogP contribution is -2.19. The molecule has 39 heavy (non-hydrogen) atoms. The molecule has 0 radical (unpaired) electrons. The van der Waals surface area contributed by atoms with Crippen LogP contribution in [0.15, 0.2) is 95.2 Å². The SMILES string of the molecule is CC(C)(C)c1ccc(-c2nnc(SCC(=O)N/N=C\C=C/c3ccccc3[N+](=O)[O-])n2-c2ccccc2)cc1. The van der Waals surface area contributed by atoms with E-state index in [4.69, 9.17) is 0 Å². The molecule has 0 fully saturated rings. The highest BCUT2D eigenvalue weighted by Gasteiger charge is 2.19. The van der Waals surface area contributed by atoms with Gasteiger partial charge in [-0.2, -0.15) is 5.10 Å². The molecular formula is C29H28N6O3S. The standard InChI is InChI=1S/C29H28N6O3S/c1-29(2,3)23-17-15-22(16-18-23)27-32-33-28(34(27)24-12-5-4-6-13-24)39-20-26(36)31-30-19-9-11-21-10-7-8-14-25(21)35(37)38/h4-19H,20H2,1-3H3,(H,31,36)/b11-9-,30-19-. The van der Waals surface area contributed by atoms with Crippen LogP contribution >= 0.6 is 11.8 Å². The van der Waals surface area contributed by atoms with Crippen LogP contribution in [0.2, 0.25) is 0 Å². The molecule has 0 aliphatic carbocycles. The van der Waals surface area contributed by atoms with Gasteiger partial charge in [-0.1, -0.05) is 87.1 Å². The Bertz CT molecular complexity index is 1510. The van der Waals surface area contributed by atoms with Gasteiger partial charge in [-0.3, -0.25) is 19.5 Å². The summed E-state index contributed by atoms with van der Waals surface area (Å²) in [5, 5.41) is 24.4. The number of hydrogen-bond donors (Lipinski definition) is 1. The molecule has 0 saturated heterocycles. The van der Waals surface area contributed by atoms with Crippen LogP contribution in [0.4, 0.5) is 5.69 Å². The smallest absolute Gasteiger partial charge is 0.272 e. The van der Waals surface area contributed by atoms with Gasteiger partial charge in [-0.15, -0.1) is 10.2 Å². The number of hydrazone groups is 1. The Balaban J connectivity index is 1.45. The van der Waals surface area contributed by atoms with Gasteiger partial charge in [0.05, 0.1) is 16.2 Å². The molecule has 0 saturated carbocycles. The number of nitro groups is 1. The first kappa shape index (κ1) is 27.5. The Morgan fingerprint density at radius 2 is 1.72 bits per heavy atom. The van der Waals surface area contributed by atoms with E-state index in [2.05, 4.69) is 53.6 Å². The molecular weight excluding hydrogens is 512 g/mol. The summed E-state index contributed by atoms with van der Waals surface area (Å²) in [6, 6.07) is 24.4. The largest absolute Gasteiger partial charge is 0.276 e. The van der Waals surface area contributed by atoms with Crippen LogP contribution in [0, 0.1) is 10.1 Å². The highest BCUT2D eigenvalue weighted by atomic mass is 32.2. The number of rotatable bonds is 9. The van der Waals surface area contributed by atoms with Crippen LogP contribution < -0.4 is 5.43 Å². The molecule has 3 aromatic carbocycles. The minimum absolute atomic E-state index is 0.00497. The highest BCUT2D eigenvalue weighted by molar-refractivity contribution is 7.99. The Labute approximate surface area is 230 Å². The van der Waals surface area contributed by atoms with E-state index in [0.717, 1.165) is 11.3 Å². The molecule has 0 bridgehead atoms. The average molecular weight is 541 g/mol. The number of nitrogens with one attached hydrogen (secondary N) is 1. The maximum atomic E-state index is 12.4. The maximum absolute atomic E-state index is 12.4. The van der Waals surface area contributed by atoms with E-state index < -0.39 is 4.92 Å². The lowest BCUT2D eigenvalue weighted by Gasteiger charge is -2.19. The average Bonchev–Trinajstić information content (AvgIpc) is 3.36. The lowest BCUT2D eigenvalue weighted by molar-refractivity contribution is -0.385. The second-order valence-electron chi connectivity index (χ2n) is 9.58. The molecule has 4 rings (SSSR count). The molecule has 198 valence electrons. The summed E-state index contributed by atoms with van der Waals surface area (Å²) >= 11 is 1.25. The molecule has 0 aliphatic heterocycles. The van der Waals surface area contributed by atoms with Gasteiger partial charge in [0, 0.05) is 23.5 Å². The van der Waals surface area contributed by atoms with Crippen molar-refractivity contribution in [3.05, 3.63) is 106 Å². The fraction of sp³-hybridized carbons (Fsp3) is 0.172. The van der Waals surface area contributed by atoms with Crippen molar-refractivity contribution in [3.8, 4) is 17.1 Å². The molecule has 1 N–H and O–H groups in total. The number of hydrogen-bond acceptors (Lipinski definition) is 7. The predicted molar refractivity (Wildman–Crippen MR) is 155 cm³/mol. The van der Waals surface area contributed by atoms with Crippen molar-refractivity contribution in [2.45, 2.75) is 31.3 Å². The summed E-state index contributed by atoms with van der Waals surface area (Å²) in [5.74, 6) is 0.427. The molecule has 0 aliphatic rings. The van der Waals surface area contributed by atoms with Crippen molar-refractivity contribution in [2.24, 2.45) is 5.10 Å². The van der Waals surface area contributed by atoms with Crippen molar-refractivity contribution >= 4 is 35.6 Å². The van der Waals surface area contributed by atoms with Crippen molar-refractivity contribution in [1.29, 1.82) is 0 Å². The van der Waals surface area contributed by atoms with Gasteiger partial charge in [0.2, 0.25) is 0 Å². The zero-order valence-corrected chi connectivity index (χ0v) is 22.6. The van der Waals surface area contributed by atoms with Crippen LogP contribution in [0.5, 0.6) is 0 Å². The third-order valence-corrected chi connectivity index (χ3v) is 6.68. The van der Waals surface area contributed by atoms with Crippen LogP contribution in [0.1, 0.15) is 31.9 Å². The van der Waals surface area contributed by atoms with E-state index in [1.54, 1.807) is 24.3 Å². The first-order chi connectivity index (χ1) is 18.7. The van der Waals surface area contributed by atoms with Gasteiger partial charge in [0.1, 0.15) is 0 Å². The van der Waals surface area contributed by atoms with E-state index in [-0.39, 0.29) is 22.8 Å². The van der Waals surface area contributed by atoms with E-state index >= 15 is 0 Å². The van der Waals surface area contributed by atoms with Crippen LogP contribution in [-0.2, 0) is 10.2 Å². The first-order valence-corrected chi connectivity index (χ1v) is 13.2. The molecule has 0 unspecified atom stereocenters. The van der Waals surface area contributed by atoms with Gasteiger partial charge >= 0.3 is 0 Å². The van der Waals surface area contributed by atoms with Gasteiger partial charge in [-0.25, -0.2) is 5.43 Å². The van der Waals surface area contributed by atoms with Gasteiger partial charge < -0.3 is 0 Å². The fourth-order valence-electron chi connectivity index (χ4n) is 3.74. The maximum Gasteiger partial charge on any atom is 0.276 e. The molecule has 4 aromatic rings. The third kappa shape index (κ3) is 7.05. The van der Waals surface area contributed by atoms with E-state index in [1.807, 2.05) is 47.0 Å². The summed E-state index contributed by atoms with van der Waals surface area (Å²) in [7, 11) is 0. The van der Waals surface area contributed by atoms with Gasteiger partial charge in [0.25, 0.3) is 11.6 Å². The summed E-state index contributed by atoms with van der Waals surface area (Å²) in [5.41, 5.74) is 5.97. The molecule has 1 aromatic heterocycles. The predicted octanol–water partition coefficient (Wildman–Crippen LogP) is 6.05. The Kier molecular flexibility index (Phi) is 8.67. The Morgan fingerprint density at radius 3 is 2.41 bits per heavy atom. The summed E-state index contributed by atoms with van der Waals surface area (Å²) < 4.78 is 1.93. The van der Waals surface area contributed by atoms with Crippen LogP contribution in [0.25, 0.3) is 23.2 Å². The topological polar surface area (TPSA) is 115 Å². The summed E-state index contributed by atoms with van der Waals surface area (Å²) in [6.45, 7) is 6.51. The monoisotopic (exact) mass is 540 g/mol. The number of carbonyl (C=O) groups is 1. The minimum atomic E-state index is -0.448.